The molecule has 2 aromatic carbocycles. The van der Waals surface area contributed by atoms with Crippen LogP contribution in [-0.2, 0) is 6.42 Å². The first-order valence-electron chi connectivity index (χ1n) is 6.69. The minimum Gasteiger partial charge on any atom is -0.353 e. The summed E-state index contributed by atoms with van der Waals surface area (Å²) in [5, 5.41) is 30.9. The molecule has 2 aromatic rings. The average molecular weight is 341 g/mol. The standard InChI is InChI=1S/C17H10Cl2N4/c1-2-10-5-3-4-6-14(10)23-17-12(8-21)15(18)11(7-20)16(19)13(17)9-22/h3-6,23H,2H2,1H3. The molecule has 6 heteroatoms. The largest absolute Gasteiger partial charge is 0.353 e. The summed E-state index contributed by atoms with van der Waals surface area (Å²) < 4.78 is 0. The maximum Gasteiger partial charge on any atom is 0.103 e. The van der Waals surface area contributed by atoms with Gasteiger partial charge in [0.1, 0.15) is 18.2 Å². The van der Waals surface area contributed by atoms with E-state index in [0.29, 0.717) is 0 Å². The number of hydrogen-bond acceptors (Lipinski definition) is 4. The fourth-order valence-corrected chi connectivity index (χ4v) is 2.80. The SMILES string of the molecule is CCc1ccccc1Nc1c(C#N)c(Cl)c(C#N)c(Cl)c1C#N. The van der Waals surface area contributed by atoms with E-state index in [9.17, 15) is 10.5 Å². The Morgan fingerprint density at radius 2 is 1.43 bits per heavy atom. The van der Waals surface area contributed by atoms with Crippen molar-refractivity contribution in [1.82, 2.24) is 0 Å². The van der Waals surface area contributed by atoms with Crippen LogP contribution in [0.1, 0.15) is 29.2 Å². The lowest BCUT2D eigenvalue weighted by Crippen LogP contribution is -2.03. The van der Waals surface area contributed by atoms with Crippen molar-refractivity contribution in [2.75, 3.05) is 5.32 Å². The molecule has 0 atom stereocenters. The molecule has 0 amide bonds. The first-order valence-corrected chi connectivity index (χ1v) is 7.44. The number of nitrogens with zero attached hydrogens (tertiary/aromatic N) is 3. The van der Waals surface area contributed by atoms with E-state index >= 15 is 0 Å². The number of aryl methyl sites for hydroxylation is 1. The summed E-state index contributed by atoms with van der Waals surface area (Å²) in [7, 11) is 0. The molecule has 0 saturated carbocycles. The zero-order valence-electron chi connectivity index (χ0n) is 12.1. The van der Waals surface area contributed by atoms with Gasteiger partial charge in [-0.3, -0.25) is 0 Å². The van der Waals surface area contributed by atoms with Gasteiger partial charge in [0, 0.05) is 5.69 Å². The molecule has 0 aliphatic rings. The van der Waals surface area contributed by atoms with Gasteiger partial charge in [-0.05, 0) is 18.1 Å². The van der Waals surface area contributed by atoms with E-state index in [1.807, 2.05) is 49.4 Å². The molecule has 1 N–H and O–H groups in total. The Hall–Kier alpha value is -2.71. The van der Waals surface area contributed by atoms with E-state index < -0.39 is 0 Å². The lowest BCUT2D eigenvalue weighted by molar-refractivity contribution is 1.14. The Morgan fingerprint density at radius 3 is 1.91 bits per heavy atom. The second-order valence-electron chi connectivity index (χ2n) is 4.60. The summed E-state index contributed by atoms with van der Waals surface area (Å²) in [6, 6.07) is 13.2. The van der Waals surface area contributed by atoms with Crippen LogP contribution in [0.15, 0.2) is 24.3 Å². The van der Waals surface area contributed by atoms with E-state index in [4.69, 9.17) is 28.5 Å². The predicted octanol–water partition coefficient (Wildman–Crippen LogP) is 4.91. The fraction of sp³-hybridized carbons (Fsp3) is 0.118. The van der Waals surface area contributed by atoms with Crippen molar-refractivity contribution >= 4 is 34.6 Å². The summed E-state index contributed by atoms with van der Waals surface area (Å²) >= 11 is 12.2. The highest BCUT2D eigenvalue weighted by molar-refractivity contribution is 6.39. The minimum atomic E-state index is -0.0734. The first-order chi connectivity index (χ1) is 11.1. The van der Waals surface area contributed by atoms with Crippen LogP contribution in [0.2, 0.25) is 10.0 Å². The monoisotopic (exact) mass is 340 g/mol. The van der Waals surface area contributed by atoms with Gasteiger partial charge in [-0.25, -0.2) is 0 Å². The summed E-state index contributed by atoms with van der Waals surface area (Å²) in [5.74, 6) is 0. The topological polar surface area (TPSA) is 83.4 Å². The lowest BCUT2D eigenvalue weighted by atomic mass is 10.0. The van der Waals surface area contributed by atoms with Crippen molar-refractivity contribution in [3.63, 3.8) is 0 Å². The van der Waals surface area contributed by atoms with Gasteiger partial charge in [-0.15, -0.1) is 0 Å². The van der Waals surface area contributed by atoms with E-state index in [0.717, 1.165) is 17.7 Å². The van der Waals surface area contributed by atoms with E-state index in [1.165, 1.54) is 0 Å². The van der Waals surface area contributed by atoms with E-state index in [2.05, 4.69) is 5.32 Å². The van der Waals surface area contributed by atoms with Crippen molar-refractivity contribution in [3.8, 4) is 18.2 Å². The smallest absolute Gasteiger partial charge is 0.103 e. The van der Waals surface area contributed by atoms with Crippen molar-refractivity contribution in [2.45, 2.75) is 13.3 Å². The molecule has 0 heterocycles. The Labute approximate surface area is 144 Å². The van der Waals surface area contributed by atoms with Crippen LogP contribution < -0.4 is 5.32 Å². The zero-order valence-corrected chi connectivity index (χ0v) is 13.6. The molecule has 0 unspecified atom stereocenters. The summed E-state index contributed by atoms with van der Waals surface area (Å²) in [5.41, 5.74) is 1.95. The Balaban J connectivity index is 2.75. The highest BCUT2D eigenvalue weighted by Gasteiger charge is 2.22. The van der Waals surface area contributed by atoms with Gasteiger partial charge in [0.05, 0.1) is 32.4 Å². The number of rotatable bonds is 3. The highest BCUT2D eigenvalue weighted by Crippen LogP contribution is 2.39. The molecule has 0 aliphatic heterocycles. The van der Waals surface area contributed by atoms with Crippen LogP contribution in [0.5, 0.6) is 0 Å². The quantitative estimate of drug-likeness (QED) is 0.859. The van der Waals surface area contributed by atoms with Gasteiger partial charge in [0.25, 0.3) is 0 Å². The number of benzene rings is 2. The van der Waals surface area contributed by atoms with Crippen molar-refractivity contribution in [2.24, 2.45) is 0 Å². The minimum absolute atomic E-state index is 0.0232. The van der Waals surface area contributed by atoms with Gasteiger partial charge in [0.2, 0.25) is 0 Å². The third-order valence-electron chi connectivity index (χ3n) is 3.37. The van der Waals surface area contributed by atoms with Gasteiger partial charge in [-0.2, -0.15) is 15.8 Å². The Kier molecular flexibility index (Phi) is 5.09. The maximum absolute atomic E-state index is 9.40. The molecule has 2 rings (SSSR count). The number of anilines is 2. The number of hydrogen-bond donors (Lipinski definition) is 1. The number of nitrogens with one attached hydrogen (secondary N) is 1. The molecule has 0 bridgehead atoms. The van der Waals surface area contributed by atoms with Crippen molar-refractivity contribution in [1.29, 1.82) is 15.8 Å². The summed E-state index contributed by atoms with van der Waals surface area (Å²) in [6.45, 7) is 2.00. The van der Waals surface area contributed by atoms with Gasteiger partial charge >= 0.3 is 0 Å². The van der Waals surface area contributed by atoms with Crippen LogP contribution in [-0.4, -0.2) is 0 Å². The van der Waals surface area contributed by atoms with Crippen LogP contribution in [0.3, 0.4) is 0 Å². The molecule has 0 aliphatic carbocycles. The Bertz CT molecular complexity index is 858. The van der Waals surface area contributed by atoms with Crippen LogP contribution >= 0.6 is 23.2 Å². The normalized spacial score (nSPS) is 9.57. The first kappa shape index (κ1) is 16.7. The number of nitriles is 3. The van der Waals surface area contributed by atoms with Crippen LogP contribution in [0.25, 0.3) is 0 Å². The predicted molar refractivity (Wildman–Crippen MR) is 89.7 cm³/mol. The molecule has 0 spiro atoms. The summed E-state index contributed by atoms with van der Waals surface area (Å²) in [4.78, 5) is 0. The van der Waals surface area contributed by atoms with E-state index in [-0.39, 0.29) is 32.4 Å². The molecule has 112 valence electrons. The second kappa shape index (κ2) is 7.03. The van der Waals surface area contributed by atoms with Crippen molar-refractivity contribution < 1.29 is 0 Å². The zero-order chi connectivity index (χ0) is 17.0. The van der Waals surface area contributed by atoms with Crippen LogP contribution in [0, 0.1) is 34.0 Å². The molecule has 23 heavy (non-hydrogen) atoms. The fourth-order valence-electron chi connectivity index (χ4n) is 2.21. The van der Waals surface area contributed by atoms with Crippen molar-refractivity contribution in [3.05, 3.63) is 56.6 Å². The maximum atomic E-state index is 9.40. The molecule has 0 fully saturated rings. The molecule has 0 aromatic heterocycles. The second-order valence-corrected chi connectivity index (χ2v) is 5.36. The highest BCUT2D eigenvalue weighted by atomic mass is 35.5. The summed E-state index contributed by atoms with van der Waals surface area (Å²) in [6.07, 6.45) is 0.769. The van der Waals surface area contributed by atoms with Gasteiger partial charge in [0.15, 0.2) is 0 Å². The number of halogens is 2. The average Bonchev–Trinajstić information content (AvgIpc) is 2.56. The molecular formula is C17H10Cl2N4. The van der Waals surface area contributed by atoms with Gasteiger partial charge < -0.3 is 5.32 Å². The Morgan fingerprint density at radius 1 is 0.913 bits per heavy atom. The third kappa shape index (κ3) is 2.94. The molecule has 0 saturated heterocycles. The van der Waals surface area contributed by atoms with E-state index in [1.54, 1.807) is 0 Å². The van der Waals surface area contributed by atoms with Crippen LogP contribution in [0.4, 0.5) is 11.4 Å². The molecule has 0 radical (unpaired) electrons. The van der Waals surface area contributed by atoms with Gasteiger partial charge in [-0.1, -0.05) is 48.3 Å². The lowest BCUT2D eigenvalue weighted by Gasteiger charge is -2.16. The molecular weight excluding hydrogens is 331 g/mol. The molecule has 4 nitrogen and oxygen atoms in total. The third-order valence-corrected chi connectivity index (χ3v) is 4.13. The number of para-hydroxylation sites is 1.